The highest BCUT2D eigenvalue weighted by atomic mass is 32.2. The number of rotatable bonds is 7. The van der Waals surface area contributed by atoms with Crippen molar-refractivity contribution in [3.63, 3.8) is 0 Å². The molecule has 0 atom stereocenters. The molecule has 0 aliphatic carbocycles. The van der Waals surface area contributed by atoms with Gasteiger partial charge in [0.2, 0.25) is 10.0 Å². The summed E-state index contributed by atoms with van der Waals surface area (Å²) in [5.74, 6) is -0.522. The largest absolute Gasteiger partial charge is 0.462 e. The lowest BCUT2D eigenvalue weighted by atomic mass is 10.1. The molecule has 2 N–H and O–H groups in total. The maximum absolute atomic E-state index is 11.8. The second-order valence-corrected chi connectivity index (χ2v) is 6.25. The van der Waals surface area contributed by atoms with E-state index in [4.69, 9.17) is 9.88 Å². The quantitative estimate of drug-likeness (QED) is 0.618. The minimum atomic E-state index is -3.83. The van der Waals surface area contributed by atoms with Gasteiger partial charge in [-0.15, -0.1) is 0 Å². The van der Waals surface area contributed by atoms with Crippen LogP contribution in [0.25, 0.3) is 0 Å². The standard InChI is InChI=1S/C14H21NO4S/c1-3-4-5-6-9-19-14(16)12-8-7-11(2)13(10-12)20(15,17)18/h7-8,10H,3-6,9H2,1-2H3,(H2,15,17,18). The Morgan fingerprint density at radius 2 is 1.95 bits per heavy atom. The van der Waals surface area contributed by atoms with Crippen molar-refractivity contribution in [1.82, 2.24) is 0 Å². The van der Waals surface area contributed by atoms with Gasteiger partial charge in [-0.2, -0.15) is 0 Å². The van der Waals surface area contributed by atoms with Gasteiger partial charge in [0.05, 0.1) is 17.1 Å². The molecule has 6 heteroatoms. The highest BCUT2D eigenvalue weighted by Crippen LogP contribution is 2.16. The summed E-state index contributed by atoms with van der Waals surface area (Å²) in [7, 11) is -3.83. The first-order chi connectivity index (χ1) is 9.36. The van der Waals surface area contributed by atoms with Crippen LogP contribution < -0.4 is 5.14 Å². The zero-order valence-corrected chi connectivity index (χ0v) is 12.7. The molecule has 0 amide bonds. The number of nitrogens with two attached hydrogens (primary N) is 1. The Bertz CT molecular complexity index is 567. The third-order valence-electron chi connectivity index (χ3n) is 2.96. The summed E-state index contributed by atoms with van der Waals surface area (Å²) >= 11 is 0. The van der Waals surface area contributed by atoms with Crippen LogP contribution in [-0.2, 0) is 14.8 Å². The first-order valence-electron chi connectivity index (χ1n) is 6.67. The molecule has 1 aromatic carbocycles. The van der Waals surface area contributed by atoms with Crippen molar-refractivity contribution in [2.45, 2.75) is 44.4 Å². The molecular formula is C14H21NO4S. The van der Waals surface area contributed by atoms with E-state index in [0.29, 0.717) is 12.2 Å². The first-order valence-corrected chi connectivity index (χ1v) is 8.21. The Morgan fingerprint density at radius 3 is 2.55 bits per heavy atom. The summed E-state index contributed by atoms with van der Waals surface area (Å²) in [6.45, 7) is 4.07. The molecular weight excluding hydrogens is 278 g/mol. The molecule has 0 fully saturated rings. The number of ether oxygens (including phenoxy) is 1. The van der Waals surface area contributed by atoms with E-state index in [-0.39, 0.29) is 10.5 Å². The van der Waals surface area contributed by atoms with E-state index in [1.165, 1.54) is 6.07 Å². The first kappa shape index (κ1) is 16.7. The Balaban J connectivity index is 2.70. The maximum atomic E-state index is 11.8. The fourth-order valence-corrected chi connectivity index (χ4v) is 2.62. The van der Waals surface area contributed by atoms with Gasteiger partial charge < -0.3 is 4.74 Å². The molecule has 20 heavy (non-hydrogen) atoms. The van der Waals surface area contributed by atoms with E-state index < -0.39 is 16.0 Å². The van der Waals surface area contributed by atoms with Gasteiger partial charge in [-0.05, 0) is 31.0 Å². The van der Waals surface area contributed by atoms with Crippen LogP contribution in [-0.4, -0.2) is 21.0 Å². The molecule has 0 aromatic heterocycles. The van der Waals surface area contributed by atoms with Gasteiger partial charge in [0, 0.05) is 0 Å². The normalized spacial score (nSPS) is 11.3. The Hall–Kier alpha value is -1.40. The topological polar surface area (TPSA) is 86.5 Å². The molecule has 0 saturated carbocycles. The van der Waals surface area contributed by atoms with E-state index in [1.54, 1.807) is 19.1 Å². The summed E-state index contributed by atoms with van der Waals surface area (Å²) in [5, 5.41) is 5.10. The third kappa shape index (κ3) is 4.94. The number of hydrogen-bond donors (Lipinski definition) is 1. The minimum Gasteiger partial charge on any atom is -0.462 e. The fourth-order valence-electron chi connectivity index (χ4n) is 1.81. The molecule has 0 aliphatic rings. The van der Waals surface area contributed by atoms with Crippen LogP contribution in [0.1, 0.15) is 48.5 Å². The number of aryl methyl sites for hydroxylation is 1. The van der Waals surface area contributed by atoms with Gasteiger partial charge in [-0.25, -0.2) is 18.4 Å². The predicted molar refractivity (Wildman–Crippen MR) is 77.0 cm³/mol. The molecule has 0 bridgehead atoms. The number of carbonyl (C=O) groups excluding carboxylic acids is 1. The number of esters is 1. The molecule has 0 unspecified atom stereocenters. The van der Waals surface area contributed by atoms with Gasteiger partial charge in [0.1, 0.15) is 0 Å². The van der Waals surface area contributed by atoms with Gasteiger partial charge >= 0.3 is 5.97 Å². The third-order valence-corrected chi connectivity index (χ3v) is 4.01. The number of unbranched alkanes of at least 4 members (excludes halogenated alkanes) is 3. The molecule has 5 nitrogen and oxygen atoms in total. The highest BCUT2D eigenvalue weighted by Gasteiger charge is 2.15. The molecule has 1 rings (SSSR count). The summed E-state index contributed by atoms with van der Waals surface area (Å²) in [6.07, 6.45) is 4.05. The van der Waals surface area contributed by atoms with E-state index in [9.17, 15) is 13.2 Å². The van der Waals surface area contributed by atoms with Crippen LogP contribution in [0, 0.1) is 6.92 Å². The van der Waals surface area contributed by atoms with Gasteiger partial charge in [0.25, 0.3) is 0 Å². The molecule has 0 heterocycles. The lowest BCUT2D eigenvalue weighted by Gasteiger charge is -2.07. The highest BCUT2D eigenvalue weighted by molar-refractivity contribution is 7.89. The molecule has 0 aliphatic heterocycles. The number of benzene rings is 1. The summed E-state index contributed by atoms with van der Waals surface area (Å²) in [4.78, 5) is 11.8. The minimum absolute atomic E-state index is 0.0436. The van der Waals surface area contributed by atoms with Crippen molar-refractivity contribution in [1.29, 1.82) is 0 Å². The summed E-state index contributed by atoms with van der Waals surface area (Å²) in [6, 6.07) is 4.35. The molecule has 1 aromatic rings. The van der Waals surface area contributed by atoms with Crippen molar-refractivity contribution in [2.75, 3.05) is 6.61 Å². The maximum Gasteiger partial charge on any atom is 0.338 e. The summed E-state index contributed by atoms with van der Waals surface area (Å²) < 4.78 is 27.9. The van der Waals surface area contributed by atoms with E-state index in [1.807, 2.05) is 0 Å². The smallest absolute Gasteiger partial charge is 0.338 e. The fraction of sp³-hybridized carbons (Fsp3) is 0.500. The van der Waals surface area contributed by atoms with Crippen molar-refractivity contribution in [2.24, 2.45) is 5.14 Å². The summed E-state index contributed by atoms with van der Waals surface area (Å²) in [5.41, 5.74) is 0.710. The van der Waals surface area contributed by atoms with Crippen LogP contribution in [0.15, 0.2) is 23.1 Å². The number of carbonyl (C=O) groups is 1. The zero-order valence-electron chi connectivity index (χ0n) is 11.9. The van der Waals surface area contributed by atoms with Crippen molar-refractivity contribution in [3.8, 4) is 0 Å². The van der Waals surface area contributed by atoms with Crippen molar-refractivity contribution < 1.29 is 17.9 Å². The van der Waals surface area contributed by atoms with Crippen LogP contribution >= 0.6 is 0 Å². The van der Waals surface area contributed by atoms with Crippen LogP contribution in [0.2, 0.25) is 0 Å². The number of sulfonamides is 1. The van der Waals surface area contributed by atoms with Crippen LogP contribution in [0.3, 0.4) is 0 Å². The lowest BCUT2D eigenvalue weighted by molar-refractivity contribution is 0.0497. The number of primary sulfonamides is 1. The zero-order chi connectivity index (χ0) is 15.2. The van der Waals surface area contributed by atoms with Crippen molar-refractivity contribution in [3.05, 3.63) is 29.3 Å². The van der Waals surface area contributed by atoms with Crippen LogP contribution in [0.4, 0.5) is 0 Å². The monoisotopic (exact) mass is 299 g/mol. The second kappa shape index (κ2) is 7.40. The Morgan fingerprint density at radius 1 is 1.25 bits per heavy atom. The SMILES string of the molecule is CCCCCCOC(=O)c1ccc(C)c(S(N)(=O)=O)c1. The average molecular weight is 299 g/mol. The van der Waals surface area contributed by atoms with E-state index in [0.717, 1.165) is 25.7 Å². The van der Waals surface area contributed by atoms with E-state index in [2.05, 4.69) is 6.92 Å². The number of hydrogen-bond acceptors (Lipinski definition) is 4. The molecule has 0 radical (unpaired) electrons. The molecule has 0 spiro atoms. The predicted octanol–water partition coefficient (Wildman–Crippen LogP) is 2.38. The van der Waals surface area contributed by atoms with Gasteiger partial charge in [-0.1, -0.05) is 32.3 Å². The average Bonchev–Trinajstić information content (AvgIpc) is 2.37. The molecule has 0 saturated heterocycles. The molecule has 112 valence electrons. The van der Waals surface area contributed by atoms with Crippen molar-refractivity contribution >= 4 is 16.0 Å². The van der Waals surface area contributed by atoms with Gasteiger partial charge in [-0.3, -0.25) is 0 Å². The lowest BCUT2D eigenvalue weighted by Crippen LogP contribution is -2.15. The second-order valence-electron chi connectivity index (χ2n) is 4.72. The van der Waals surface area contributed by atoms with Gasteiger partial charge in [0.15, 0.2) is 0 Å². The Labute approximate surface area is 120 Å². The van der Waals surface area contributed by atoms with Crippen LogP contribution in [0.5, 0.6) is 0 Å². The van der Waals surface area contributed by atoms with E-state index >= 15 is 0 Å². The Kier molecular flexibility index (Phi) is 6.16.